The molecular weight excluding hydrogens is 301 g/mol. The third kappa shape index (κ3) is 4.37. The SMILES string of the molecule is Cc1cc(C(C)C2CC(Cl)=CN2)cnc1CCC(F)(F)F. The normalized spacial score (nSPS) is 20.1. The van der Waals surface area contributed by atoms with Crippen molar-refractivity contribution in [2.24, 2.45) is 0 Å². The van der Waals surface area contributed by atoms with Gasteiger partial charge in [0.1, 0.15) is 0 Å². The summed E-state index contributed by atoms with van der Waals surface area (Å²) in [5.74, 6) is 0.195. The minimum Gasteiger partial charge on any atom is -0.386 e. The predicted molar refractivity (Wildman–Crippen MR) is 77.2 cm³/mol. The van der Waals surface area contributed by atoms with Crippen molar-refractivity contribution in [1.29, 1.82) is 0 Å². The van der Waals surface area contributed by atoms with Gasteiger partial charge in [0.25, 0.3) is 0 Å². The third-order valence-corrected chi connectivity index (χ3v) is 4.11. The zero-order valence-corrected chi connectivity index (χ0v) is 12.7. The summed E-state index contributed by atoms with van der Waals surface area (Å²) in [5.41, 5.74) is 2.33. The molecule has 0 radical (unpaired) electrons. The minimum absolute atomic E-state index is 0.0704. The molecule has 0 saturated heterocycles. The van der Waals surface area contributed by atoms with Crippen molar-refractivity contribution in [2.45, 2.75) is 51.2 Å². The second-order valence-corrected chi connectivity index (χ2v) is 5.99. The van der Waals surface area contributed by atoms with Crippen LogP contribution in [0.15, 0.2) is 23.5 Å². The predicted octanol–water partition coefficient (Wildman–Crippen LogP) is 4.43. The summed E-state index contributed by atoms with van der Waals surface area (Å²) in [6.45, 7) is 3.87. The van der Waals surface area contributed by atoms with E-state index >= 15 is 0 Å². The van der Waals surface area contributed by atoms with E-state index in [2.05, 4.69) is 17.2 Å². The van der Waals surface area contributed by atoms with Gasteiger partial charge in [0.2, 0.25) is 0 Å². The van der Waals surface area contributed by atoms with Crippen LogP contribution in [-0.4, -0.2) is 17.2 Å². The van der Waals surface area contributed by atoms with Crippen molar-refractivity contribution in [1.82, 2.24) is 10.3 Å². The lowest BCUT2D eigenvalue weighted by Gasteiger charge is -2.21. The van der Waals surface area contributed by atoms with Gasteiger partial charge in [-0.25, -0.2) is 0 Å². The van der Waals surface area contributed by atoms with Crippen LogP contribution in [0, 0.1) is 6.92 Å². The van der Waals surface area contributed by atoms with Gasteiger partial charge in [0.15, 0.2) is 0 Å². The molecule has 21 heavy (non-hydrogen) atoms. The van der Waals surface area contributed by atoms with Gasteiger partial charge in [-0.05, 0) is 24.5 Å². The van der Waals surface area contributed by atoms with Gasteiger partial charge in [-0.3, -0.25) is 4.98 Å². The molecular formula is C15H18ClF3N2. The summed E-state index contributed by atoms with van der Waals surface area (Å²) in [4.78, 5) is 4.22. The Morgan fingerprint density at radius 2 is 2.19 bits per heavy atom. The molecule has 0 amide bonds. The van der Waals surface area contributed by atoms with Gasteiger partial charge in [-0.2, -0.15) is 13.2 Å². The van der Waals surface area contributed by atoms with Crippen molar-refractivity contribution in [3.05, 3.63) is 40.3 Å². The molecule has 1 aliphatic rings. The molecule has 116 valence electrons. The standard InChI is InChI=1S/C15H18ClF3N2/c1-9-5-11(10(2)14-6-12(16)8-21-14)7-20-13(9)3-4-15(17,18)19/h5,7-8,10,14,21H,3-4,6H2,1-2H3. The molecule has 2 atom stereocenters. The molecule has 2 rings (SSSR count). The van der Waals surface area contributed by atoms with Crippen LogP contribution in [0.5, 0.6) is 0 Å². The molecule has 6 heteroatoms. The highest BCUT2D eigenvalue weighted by Gasteiger charge is 2.27. The van der Waals surface area contributed by atoms with E-state index in [1.54, 1.807) is 12.4 Å². The third-order valence-electron chi connectivity index (χ3n) is 3.85. The molecule has 1 aliphatic heterocycles. The molecule has 1 N–H and O–H groups in total. The Hall–Kier alpha value is -1.23. The van der Waals surface area contributed by atoms with Crippen LogP contribution in [0.1, 0.15) is 42.5 Å². The number of alkyl halides is 3. The Balaban J connectivity index is 2.05. The minimum atomic E-state index is -4.14. The fourth-order valence-electron chi connectivity index (χ4n) is 2.47. The Kier molecular flexibility index (Phi) is 4.81. The lowest BCUT2D eigenvalue weighted by atomic mass is 9.92. The number of hydrogen-bond donors (Lipinski definition) is 1. The zero-order chi connectivity index (χ0) is 15.6. The van der Waals surface area contributed by atoms with Crippen LogP contribution in [0.3, 0.4) is 0 Å². The number of nitrogens with zero attached hydrogens (tertiary/aromatic N) is 1. The molecule has 1 aromatic heterocycles. The summed E-state index contributed by atoms with van der Waals surface area (Å²) >= 11 is 5.96. The van der Waals surface area contributed by atoms with Crippen molar-refractivity contribution in [3.8, 4) is 0 Å². The summed E-state index contributed by atoms with van der Waals surface area (Å²) in [7, 11) is 0. The molecule has 0 spiro atoms. The maximum Gasteiger partial charge on any atom is 0.389 e. The van der Waals surface area contributed by atoms with Crippen molar-refractivity contribution < 1.29 is 13.2 Å². The van der Waals surface area contributed by atoms with Crippen molar-refractivity contribution in [3.63, 3.8) is 0 Å². The molecule has 0 fully saturated rings. The van der Waals surface area contributed by atoms with Crippen LogP contribution in [0.25, 0.3) is 0 Å². The smallest absolute Gasteiger partial charge is 0.386 e. The number of hydrogen-bond acceptors (Lipinski definition) is 2. The van der Waals surface area contributed by atoms with Crippen LogP contribution < -0.4 is 5.32 Å². The van der Waals surface area contributed by atoms with E-state index < -0.39 is 12.6 Å². The zero-order valence-electron chi connectivity index (χ0n) is 12.0. The van der Waals surface area contributed by atoms with Gasteiger partial charge in [0, 0.05) is 47.9 Å². The maximum atomic E-state index is 12.3. The largest absolute Gasteiger partial charge is 0.389 e. The number of aromatic nitrogens is 1. The van der Waals surface area contributed by atoms with E-state index in [-0.39, 0.29) is 18.4 Å². The Morgan fingerprint density at radius 3 is 2.71 bits per heavy atom. The summed E-state index contributed by atoms with van der Waals surface area (Å²) in [5, 5.41) is 4.00. The molecule has 2 nitrogen and oxygen atoms in total. The Morgan fingerprint density at radius 1 is 1.48 bits per heavy atom. The lowest BCUT2D eigenvalue weighted by molar-refractivity contribution is -0.134. The Bertz CT molecular complexity index is 540. The van der Waals surface area contributed by atoms with E-state index in [0.29, 0.717) is 5.69 Å². The second kappa shape index (κ2) is 6.26. The van der Waals surface area contributed by atoms with Crippen molar-refractivity contribution >= 4 is 11.6 Å². The molecule has 0 bridgehead atoms. The van der Waals surface area contributed by atoms with Crippen LogP contribution >= 0.6 is 11.6 Å². The average molecular weight is 319 g/mol. The van der Waals surface area contributed by atoms with E-state index in [9.17, 15) is 13.2 Å². The number of nitrogens with one attached hydrogen (secondary N) is 1. The second-order valence-electron chi connectivity index (χ2n) is 5.50. The van der Waals surface area contributed by atoms with Crippen molar-refractivity contribution in [2.75, 3.05) is 0 Å². The fourth-order valence-corrected chi connectivity index (χ4v) is 2.70. The first-order chi connectivity index (χ1) is 9.76. The number of halogens is 4. The lowest BCUT2D eigenvalue weighted by Crippen LogP contribution is -2.26. The summed E-state index contributed by atoms with van der Waals surface area (Å²) in [6.07, 6.45) is -0.815. The van der Waals surface area contributed by atoms with Gasteiger partial charge in [-0.1, -0.05) is 24.6 Å². The first-order valence-corrected chi connectivity index (χ1v) is 7.27. The van der Waals surface area contributed by atoms with Crippen LogP contribution in [0.4, 0.5) is 13.2 Å². The van der Waals surface area contributed by atoms with Crippen LogP contribution in [0.2, 0.25) is 0 Å². The van der Waals surface area contributed by atoms with Crippen LogP contribution in [-0.2, 0) is 6.42 Å². The van der Waals surface area contributed by atoms with Gasteiger partial charge in [-0.15, -0.1) is 0 Å². The molecule has 0 saturated carbocycles. The monoisotopic (exact) mass is 318 g/mol. The Labute approximate surface area is 127 Å². The maximum absolute atomic E-state index is 12.3. The highest BCUT2D eigenvalue weighted by molar-refractivity contribution is 6.29. The fraction of sp³-hybridized carbons (Fsp3) is 0.533. The van der Waals surface area contributed by atoms with Gasteiger partial charge in [0.05, 0.1) is 0 Å². The molecule has 2 unspecified atom stereocenters. The van der Waals surface area contributed by atoms with Gasteiger partial charge < -0.3 is 5.32 Å². The van der Waals surface area contributed by atoms with E-state index in [0.717, 1.165) is 22.6 Å². The molecule has 2 heterocycles. The van der Waals surface area contributed by atoms with E-state index in [4.69, 9.17) is 11.6 Å². The molecule has 1 aromatic rings. The molecule has 0 aliphatic carbocycles. The number of pyridine rings is 1. The average Bonchev–Trinajstić information content (AvgIpc) is 2.82. The quantitative estimate of drug-likeness (QED) is 0.888. The van der Waals surface area contributed by atoms with E-state index in [1.807, 2.05) is 13.0 Å². The van der Waals surface area contributed by atoms with Gasteiger partial charge >= 0.3 is 6.18 Å². The summed E-state index contributed by atoms with van der Waals surface area (Å²) < 4.78 is 36.8. The number of aryl methyl sites for hydroxylation is 2. The topological polar surface area (TPSA) is 24.9 Å². The molecule has 0 aromatic carbocycles. The number of rotatable bonds is 4. The highest BCUT2D eigenvalue weighted by atomic mass is 35.5. The first-order valence-electron chi connectivity index (χ1n) is 6.89. The summed E-state index contributed by atoms with van der Waals surface area (Å²) in [6, 6.07) is 2.14. The first kappa shape index (κ1) is 16.1. The van der Waals surface area contributed by atoms with E-state index in [1.165, 1.54) is 0 Å². The highest BCUT2D eigenvalue weighted by Crippen LogP contribution is 2.29.